The van der Waals surface area contributed by atoms with Crippen LogP contribution in [0.1, 0.15) is 58.3 Å². The first kappa shape index (κ1) is 18.8. The summed E-state index contributed by atoms with van der Waals surface area (Å²) in [5, 5.41) is 15.2. The summed E-state index contributed by atoms with van der Waals surface area (Å²) in [6.07, 6.45) is 9.94. The third kappa shape index (κ3) is 4.97. The average molecular weight is 337 g/mol. The Hall–Kier alpha value is -1.56. The maximum absolute atomic E-state index is 12.4. The third-order valence-corrected chi connectivity index (χ3v) is 5.43. The Morgan fingerprint density at radius 1 is 1.29 bits per heavy atom. The van der Waals surface area contributed by atoms with Gasteiger partial charge in [0.25, 0.3) is 0 Å². The second kappa shape index (κ2) is 8.51. The summed E-state index contributed by atoms with van der Waals surface area (Å²) >= 11 is 0. The summed E-state index contributed by atoms with van der Waals surface area (Å²) in [5.74, 6) is -0.797. The molecule has 2 amide bonds. The van der Waals surface area contributed by atoms with Crippen molar-refractivity contribution >= 4 is 12.0 Å². The zero-order chi connectivity index (χ0) is 17.6. The molecule has 136 valence electrons. The molecule has 2 rings (SSSR count). The van der Waals surface area contributed by atoms with Crippen molar-refractivity contribution in [2.75, 3.05) is 13.1 Å². The molecule has 6 heteroatoms. The molecule has 0 aromatic heterocycles. The Bertz CT molecular complexity index is 454. The summed E-state index contributed by atoms with van der Waals surface area (Å²) in [4.78, 5) is 25.2. The van der Waals surface area contributed by atoms with Crippen LogP contribution in [0.25, 0.3) is 0 Å². The van der Waals surface area contributed by atoms with E-state index in [1.807, 2.05) is 17.9 Å². The lowest BCUT2D eigenvalue weighted by Gasteiger charge is -2.43. The van der Waals surface area contributed by atoms with Crippen LogP contribution >= 0.6 is 0 Å². The largest absolute Gasteiger partial charge is 0.480 e. The van der Waals surface area contributed by atoms with Gasteiger partial charge in [0.1, 0.15) is 0 Å². The molecule has 0 spiro atoms. The van der Waals surface area contributed by atoms with E-state index in [0.29, 0.717) is 0 Å². The van der Waals surface area contributed by atoms with E-state index in [4.69, 9.17) is 5.11 Å². The molecule has 0 saturated heterocycles. The normalized spacial score (nSPS) is 25.6. The number of carboxylic acid groups (broad SMARTS) is 1. The first-order chi connectivity index (χ1) is 11.5. The van der Waals surface area contributed by atoms with Gasteiger partial charge in [0.2, 0.25) is 0 Å². The molecule has 2 saturated carbocycles. The van der Waals surface area contributed by atoms with Crippen LogP contribution in [0.3, 0.4) is 0 Å². The SMILES string of the molecule is C=CCC1(NC(=O)NC2CC(N(CC)CC(=O)O)C2)CCCCC1. The molecule has 0 aromatic rings. The van der Waals surface area contributed by atoms with Crippen LogP contribution in [0.2, 0.25) is 0 Å². The number of rotatable bonds is 8. The number of carboxylic acids is 1. The van der Waals surface area contributed by atoms with E-state index < -0.39 is 5.97 Å². The predicted molar refractivity (Wildman–Crippen MR) is 94.0 cm³/mol. The zero-order valence-electron chi connectivity index (χ0n) is 14.7. The second-order valence-corrected chi connectivity index (χ2v) is 7.21. The Balaban J connectivity index is 1.77. The molecular weight excluding hydrogens is 306 g/mol. The van der Waals surface area contributed by atoms with Crippen LogP contribution in [0.4, 0.5) is 4.79 Å². The number of amides is 2. The van der Waals surface area contributed by atoms with Crippen molar-refractivity contribution in [2.45, 2.75) is 75.9 Å². The smallest absolute Gasteiger partial charge is 0.317 e. The minimum Gasteiger partial charge on any atom is -0.480 e. The number of nitrogens with one attached hydrogen (secondary N) is 2. The van der Waals surface area contributed by atoms with Crippen LogP contribution in [-0.2, 0) is 4.79 Å². The first-order valence-electron chi connectivity index (χ1n) is 9.13. The van der Waals surface area contributed by atoms with Crippen LogP contribution < -0.4 is 10.6 Å². The van der Waals surface area contributed by atoms with Crippen molar-refractivity contribution in [1.29, 1.82) is 0 Å². The number of carbonyl (C=O) groups excluding carboxylic acids is 1. The molecule has 3 N–H and O–H groups in total. The summed E-state index contributed by atoms with van der Waals surface area (Å²) in [7, 11) is 0. The Kier molecular flexibility index (Phi) is 6.66. The summed E-state index contributed by atoms with van der Waals surface area (Å²) < 4.78 is 0. The van der Waals surface area contributed by atoms with E-state index in [9.17, 15) is 9.59 Å². The number of nitrogens with zero attached hydrogens (tertiary/aromatic N) is 1. The highest BCUT2D eigenvalue weighted by atomic mass is 16.4. The van der Waals surface area contributed by atoms with Gasteiger partial charge < -0.3 is 15.7 Å². The molecule has 6 nitrogen and oxygen atoms in total. The fourth-order valence-electron chi connectivity index (χ4n) is 4.02. The van der Waals surface area contributed by atoms with Crippen LogP contribution in [0.5, 0.6) is 0 Å². The highest BCUT2D eigenvalue weighted by Crippen LogP contribution is 2.31. The minimum atomic E-state index is -0.797. The van der Waals surface area contributed by atoms with Crippen molar-refractivity contribution in [2.24, 2.45) is 0 Å². The molecular formula is C18H31N3O3. The molecule has 24 heavy (non-hydrogen) atoms. The van der Waals surface area contributed by atoms with Crippen molar-refractivity contribution in [3.63, 3.8) is 0 Å². The van der Waals surface area contributed by atoms with Gasteiger partial charge >= 0.3 is 12.0 Å². The highest BCUT2D eigenvalue weighted by molar-refractivity contribution is 5.75. The predicted octanol–water partition coefficient (Wildman–Crippen LogP) is 2.50. The lowest BCUT2D eigenvalue weighted by Crippen LogP contribution is -2.59. The maximum Gasteiger partial charge on any atom is 0.317 e. The molecule has 0 unspecified atom stereocenters. The Morgan fingerprint density at radius 3 is 2.50 bits per heavy atom. The zero-order valence-corrected chi connectivity index (χ0v) is 14.7. The van der Waals surface area contributed by atoms with Crippen LogP contribution in [0.15, 0.2) is 12.7 Å². The van der Waals surface area contributed by atoms with Gasteiger partial charge in [-0.05, 0) is 38.6 Å². The molecule has 2 fully saturated rings. The van der Waals surface area contributed by atoms with Gasteiger partial charge in [-0.3, -0.25) is 9.69 Å². The van der Waals surface area contributed by atoms with E-state index >= 15 is 0 Å². The molecule has 0 bridgehead atoms. The van der Waals surface area contributed by atoms with Gasteiger partial charge in [0.15, 0.2) is 0 Å². The quantitative estimate of drug-likeness (QED) is 0.594. The topological polar surface area (TPSA) is 81.7 Å². The monoisotopic (exact) mass is 337 g/mol. The van der Waals surface area contributed by atoms with E-state index in [0.717, 1.165) is 51.5 Å². The number of likely N-dealkylation sites (N-methyl/N-ethyl adjacent to an activating group) is 1. The number of carbonyl (C=O) groups is 2. The van der Waals surface area contributed by atoms with Crippen molar-refractivity contribution in [3.05, 3.63) is 12.7 Å². The molecule has 0 aromatic carbocycles. The molecule has 0 aliphatic heterocycles. The standard InChI is InChI=1S/C18H31N3O3/c1-3-8-18(9-6-5-7-10-18)20-17(24)19-14-11-15(12-14)21(4-2)13-16(22)23/h3,14-15H,1,4-13H2,2H3,(H,22,23)(H2,19,20,24). The first-order valence-corrected chi connectivity index (χ1v) is 9.13. The number of urea groups is 1. The molecule has 2 aliphatic carbocycles. The van der Waals surface area contributed by atoms with Crippen LogP contribution in [0, 0.1) is 0 Å². The summed E-state index contributed by atoms with van der Waals surface area (Å²) in [6, 6.07) is 0.305. The van der Waals surface area contributed by atoms with Gasteiger partial charge in [-0.25, -0.2) is 4.79 Å². The lowest BCUT2D eigenvalue weighted by molar-refractivity contribution is -0.139. The molecule has 0 atom stereocenters. The van der Waals surface area contributed by atoms with E-state index in [1.165, 1.54) is 6.42 Å². The second-order valence-electron chi connectivity index (χ2n) is 7.21. The maximum atomic E-state index is 12.4. The molecule has 0 radical (unpaired) electrons. The lowest BCUT2D eigenvalue weighted by atomic mass is 9.79. The Morgan fingerprint density at radius 2 is 1.96 bits per heavy atom. The van der Waals surface area contributed by atoms with Crippen LogP contribution in [-0.4, -0.2) is 52.7 Å². The van der Waals surface area contributed by atoms with Gasteiger partial charge in [-0.15, -0.1) is 6.58 Å². The van der Waals surface area contributed by atoms with Crippen molar-refractivity contribution in [3.8, 4) is 0 Å². The van der Waals surface area contributed by atoms with Gasteiger partial charge in [-0.2, -0.15) is 0 Å². The number of hydrogen-bond donors (Lipinski definition) is 3. The van der Waals surface area contributed by atoms with Gasteiger partial charge in [-0.1, -0.05) is 32.3 Å². The van der Waals surface area contributed by atoms with Crippen molar-refractivity contribution < 1.29 is 14.7 Å². The fraction of sp³-hybridized carbons (Fsp3) is 0.778. The highest BCUT2D eigenvalue weighted by Gasteiger charge is 2.37. The van der Waals surface area contributed by atoms with Gasteiger partial charge in [0.05, 0.1) is 6.54 Å². The van der Waals surface area contributed by atoms with E-state index in [2.05, 4.69) is 17.2 Å². The van der Waals surface area contributed by atoms with Gasteiger partial charge in [0, 0.05) is 17.6 Å². The average Bonchev–Trinajstić information content (AvgIpc) is 2.49. The van der Waals surface area contributed by atoms with E-state index in [-0.39, 0.29) is 30.2 Å². The third-order valence-electron chi connectivity index (χ3n) is 5.43. The number of aliphatic carboxylic acids is 1. The molecule has 0 heterocycles. The fourth-order valence-corrected chi connectivity index (χ4v) is 4.02. The summed E-state index contributed by atoms with van der Waals surface area (Å²) in [5.41, 5.74) is -0.133. The van der Waals surface area contributed by atoms with E-state index in [1.54, 1.807) is 0 Å². The van der Waals surface area contributed by atoms with Crippen molar-refractivity contribution in [1.82, 2.24) is 15.5 Å². The summed E-state index contributed by atoms with van der Waals surface area (Å²) in [6.45, 7) is 6.60. The minimum absolute atomic E-state index is 0.0720. The Labute approximate surface area is 144 Å². The number of hydrogen-bond acceptors (Lipinski definition) is 3. The molecule has 2 aliphatic rings.